The van der Waals surface area contributed by atoms with E-state index >= 15 is 0 Å². The molecule has 0 aliphatic rings. The molecule has 21 heavy (non-hydrogen) atoms. The molecule has 1 N–H and O–H groups in total. The standard InChI is InChI=1S/C15H8Cl2FNO2/c16-8-5-11(17)14-12(6-8)19-7-13(20)15(14)21-10-3-1-9(18)2-4-10/h1-7,20H. The average molecular weight is 324 g/mol. The van der Waals surface area contributed by atoms with Crippen molar-refractivity contribution < 1.29 is 14.2 Å². The van der Waals surface area contributed by atoms with Crippen LogP contribution in [0.15, 0.2) is 42.6 Å². The Balaban J connectivity index is 2.16. The largest absolute Gasteiger partial charge is 0.503 e. The van der Waals surface area contributed by atoms with Gasteiger partial charge in [0.05, 0.1) is 22.1 Å². The molecule has 0 saturated heterocycles. The monoisotopic (exact) mass is 323 g/mol. The molecule has 106 valence electrons. The zero-order valence-electron chi connectivity index (χ0n) is 10.5. The van der Waals surface area contributed by atoms with Gasteiger partial charge in [-0.3, -0.25) is 4.98 Å². The molecular formula is C15H8Cl2FNO2. The van der Waals surface area contributed by atoms with Gasteiger partial charge in [0.1, 0.15) is 11.6 Å². The zero-order chi connectivity index (χ0) is 15.0. The van der Waals surface area contributed by atoms with E-state index in [0.717, 1.165) is 0 Å². The van der Waals surface area contributed by atoms with E-state index in [9.17, 15) is 9.50 Å². The first-order valence-corrected chi connectivity index (χ1v) is 6.70. The minimum atomic E-state index is -0.379. The summed E-state index contributed by atoms with van der Waals surface area (Å²) < 4.78 is 18.5. The normalized spacial score (nSPS) is 10.8. The summed E-state index contributed by atoms with van der Waals surface area (Å²) in [5, 5.41) is 11.1. The Morgan fingerprint density at radius 1 is 1.10 bits per heavy atom. The van der Waals surface area contributed by atoms with E-state index in [0.29, 0.717) is 26.7 Å². The molecule has 2 aromatic carbocycles. The number of benzene rings is 2. The van der Waals surface area contributed by atoms with E-state index in [4.69, 9.17) is 27.9 Å². The lowest BCUT2D eigenvalue weighted by Gasteiger charge is -2.11. The van der Waals surface area contributed by atoms with Gasteiger partial charge in [-0.1, -0.05) is 23.2 Å². The molecule has 0 fully saturated rings. The van der Waals surface area contributed by atoms with Crippen LogP contribution in [0.1, 0.15) is 0 Å². The predicted octanol–water partition coefficient (Wildman–Crippen LogP) is 5.18. The van der Waals surface area contributed by atoms with Gasteiger partial charge < -0.3 is 9.84 Å². The summed E-state index contributed by atoms with van der Waals surface area (Å²) in [6, 6.07) is 8.56. The van der Waals surface area contributed by atoms with Gasteiger partial charge in [0.25, 0.3) is 0 Å². The van der Waals surface area contributed by atoms with E-state index < -0.39 is 0 Å². The molecule has 0 saturated carbocycles. The Labute approximate surface area is 129 Å². The van der Waals surface area contributed by atoms with Crippen LogP contribution >= 0.6 is 23.2 Å². The van der Waals surface area contributed by atoms with Crippen LogP contribution in [0.2, 0.25) is 10.0 Å². The van der Waals surface area contributed by atoms with Crippen molar-refractivity contribution in [2.24, 2.45) is 0 Å². The second-order valence-electron chi connectivity index (χ2n) is 4.31. The highest BCUT2D eigenvalue weighted by Crippen LogP contribution is 2.41. The summed E-state index contributed by atoms with van der Waals surface area (Å²) in [5.74, 6) is -0.0366. The van der Waals surface area contributed by atoms with Gasteiger partial charge in [0.15, 0.2) is 11.5 Å². The third kappa shape index (κ3) is 2.73. The van der Waals surface area contributed by atoms with E-state index in [-0.39, 0.29) is 17.3 Å². The molecule has 0 spiro atoms. The lowest BCUT2D eigenvalue weighted by Crippen LogP contribution is -1.90. The van der Waals surface area contributed by atoms with Gasteiger partial charge in [0, 0.05) is 5.02 Å². The van der Waals surface area contributed by atoms with Crippen molar-refractivity contribution in [1.29, 1.82) is 0 Å². The molecule has 0 radical (unpaired) electrons. The van der Waals surface area contributed by atoms with Gasteiger partial charge in [-0.05, 0) is 36.4 Å². The minimum Gasteiger partial charge on any atom is -0.503 e. The molecule has 1 aromatic heterocycles. The van der Waals surface area contributed by atoms with Crippen molar-refractivity contribution in [1.82, 2.24) is 4.98 Å². The molecular weight excluding hydrogens is 316 g/mol. The number of rotatable bonds is 2. The highest BCUT2D eigenvalue weighted by Gasteiger charge is 2.15. The lowest BCUT2D eigenvalue weighted by atomic mass is 10.2. The van der Waals surface area contributed by atoms with Crippen molar-refractivity contribution in [3.63, 3.8) is 0 Å². The van der Waals surface area contributed by atoms with Crippen LogP contribution in [-0.4, -0.2) is 10.1 Å². The average Bonchev–Trinajstić information content (AvgIpc) is 2.44. The topological polar surface area (TPSA) is 42.4 Å². The van der Waals surface area contributed by atoms with Crippen LogP contribution < -0.4 is 4.74 Å². The molecule has 0 unspecified atom stereocenters. The van der Waals surface area contributed by atoms with E-state index in [1.807, 2.05) is 0 Å². The molecule has 0 aliphatic carbocycles. The third-order valence-electron chi connectivity index (χ3n) is 2.85. The molecule has 3 aromatic rings. The summed E-state index contributed by atoms with van der Waals surface area (Å²) in [6.07, 6.45) is 1.24. The van der Waals surface area contributed by atoms with Crippen LogP contribution in [-0.2, 0) is 0 Å². The molecule has 0 bridgehead atoms. The van der Waals surface area contributed by atoms with Gasteiger partial charge >= 0.3 is 0 Å². The van der Waals surface area contributed by atoms with Crippen molar-refractivity contribution in [3.8, 4) is 17.2 Å². The maximum Gasteiger partial charge on any atom is 0.181 e. The number of nitrogens with zero attached hydrogens (tertiary/aromatic N) is 1. The van der Waals surface area contributed by atoms with Gasteiger partial charge in [-0.25, -0.2) is 4.39 Å². The SMILES string of the molecule is Oc1cnc2cc(Cl)cc(Cl)c2c1Oc1ccc(F)cc1. The lowest BCUT2D eigenvalue weighted by molar-refractivity contribution is 0.413. The van der Waals surface area contributed by atoms with Crippen molar-refractivity contribution >= 4 is 34.1 Å². The highest BCUT2D eigenvalue weighted by molar-refractivity contribution is 6.39. The molecule has 6 heteroatoms. The summed E-state index contributed by atoms with van der Waals surface area (Å²) in [7, 11) is 0. The number of halogens is 3. The van der Waals surface area contributed by atoms with Crippen LogP contribution in [0.5, 0.6) is 17.2 Å². The first-order chi connectivity index (χ1) is 10.0. The first kappa shape index (κ1) is 13.9. The zero-order valence-corrected chi connectivity index (χ0v) is 12.0. The fourth-order valence-corrected chi connectivity index (χ4v) is 2.50. The highest BCUT2D eigenvalue weighted by atomic mass is 35.5. The Morgan fingerprint density at radius 3 is 2.52 bits per heavy atom. The maximum absolute atomic E-state index is 12.9. The number of hydrogen-bond donors (Lipinski definition) is 1. The fraction of sp³-hybridized carbons (Fsp3) is 0. The summed E-state index contributed by atoms with van der Waals surface area (Å²) in [4.78, 5) is 4.06. The smallest absolute Gasteiger partial charge is 0.181 e. The molecule has 0 amide bonds. The Kier molecular flexibility index (Phi) is 3.57. The number of aromatic hydroxyl groups is 1. The summed E-state index contributed by atoms with van der Waals surface area (Å²) >= 11 is 12.1. The molecule has 3 rings (SSSR count). The number of ether oxygens (including phenoxy) is 1. The van der Waals surface area contributed by atoms with Crippen LogP contribution in [0, 0.1) is 5.82 Å². The molecule has 1 heterocycles. The second kappa shape index (κ2) is 5.39. The van der Waals surface area contributed by atoms with E-state index in [1.54, 1.807) is 6.07 Å². The first-order valence-electron chi connectivity index (χ1n) is 5.95. The summed E-state index contributed by atoms with van der Waals surface area (Å²) in [6.45, 7) is 0. The summed E-state index contributed by atoms with van der Waals surface area (Å²) in [5.41, 5.74) is 0.488. The van der Waals surface area contributed by atoms with Gasteiger partial charge in [-0.2, -0.15) is 0 Å². The van der Waals surface area contributed by atoms with E-state index in [1.165, 1.54) is 36.5 Å². The fourth-order valence-electron chi connectivity index (χ4n) is 1.93. The minimum absolute atomic E-state index is 0.147. The second-order valence-corrected chi connectivity index (χ2v) is 5.15. The van der Waals surface area contributed by atoms with Crippen LogP contribution in [0.4, 0.5) is 4.39 Å². The predicted molar refractivity (Wildman–Crippen MR) is 79.9 cm³/mol. The quantitative estimate of drug-likeness (QED) is 0.706. The Bertz CT molecular complexity index is 822. The number of pyridine rings is 1. The van der Waals surface area contributed by atoms with Crippen LogP contribution in [0.25, 0.3) is 10.9 Å². The molecule has 0 atom stereocenters. The Morgan fingerprint density at radius 2 is 1.81 bits per heavy atom. The van der Waals surface area contributed by atoms with E-state index in [2.05, 4.69) is 4.98 Å². The van der Waals surface area contributed by atoms with Crippen molar-refractivity contribution in [2.45, 2.75) is 0 Å². The van der Waals surface area contributed by atoms with Crippen molar-refractivity contribution in [3.05, 3.63) is 58.5 Å². The number of fused-ring (bicyclic) bond motifs is 1. The molecule has 0 aliphatic heterocycles. The maximum atomic E-state index is 12.9. The Hall–Kier alpha value is -2.04. The number of hydrogen-bond acceptors (Lipinski definition) is 3. The van der Waals surface area contributed by atoms with Crippen molar-refractivity contribution in [2.75, 3.05) is 0 Å². The van der Waals surface area contributed by atoms with Gasteiger partial charge in [0.2, 0.25) is 0 Å². The number of aromatic nitrogens is 1. The van der Waals surface area contributed by atoms with Crippen LogP contribution in [0.3, 0.4) is 0 Å². The van der Waals surface area contributed by atoms with Gasteiger partial charge in [-0.15, -0.1) is 0 Å². The third-order valence-corrected chi connectivity index (χ3v) is 3.37. The molecule has 3 nitrogen and oxygen atoms in total.